The third-order valence-electron chi connectivity index (χ3n) is 3.44. The maximum atomic E-state index is 4.55. The Morgan fingerprint density at radius 2 is 2.20 bits per heavy atom. The van der Waals surface area contributed by atoms with Gasteiger partial charge in [0.05, 0.1) is 0 Å². The Labute approximate surface area is 89.9 Å². The van der Waals surface area contributed by atoms with Gasteiger partial charge in [-0.25, -0.2) is 4.98 Å². The smallest absolute Gasteiger partial charge is 0.153 e. The van der Waals surface area contributed by atoms with Crippen molar-refractivity contribution in [3.05, 3.63) is 11.6 Å². The number of aromatic nitrogens is 3. The lowest BCUT2D eigenvalue weighted by Crippen LogP contribution is -2.09. The van der Waals surface area contributed by atoms with Gasteiger partial charge in [-0.2, -0.15) is 5.10 Å². The van der Waals surface area contributed by atoms with Crippen molar-refractivity contribution < 1.29 is 0 Å². The van der Waals surface area contributed by atoms with Crippen LogP contribution in [0.25, 0.3) is 0 Å². The minimum atomic E-state index is 0.670. The van der Waals surface area contributed by atoms with Gasteiger partial charge in [-0.3, -0.25) is 5.10 Å². The number of nitrogens with zero attached hydrogens (tertiary/aromatic N) is 2. The van der Waals surface area contributed by atoms with Crippen LogP contribution in [0.1, 0.15) is 43.3 Å². The van der Waals surface area contributed by atoms with Crippen LogP contribution in [0, 0.1) is 5.92 Å². The molecule has 1 atom stereocenters. The van der Waals surface area contributed by atoms with Crippen LogP contribution in [0.4, 0.5) is 0 Å². The molecule has 1 aromatic heterocycles. The number of rotatable bonds is 4. The Bertz CT molecular complexity index is 323. The summed E-state index contributed by atoms with van der Waals surface area (Å²) in [4.78, 5) is 4.55. The van der Waals surface area contributed by atoms with Gasteiger partial charge in [0.1, 0.15) is 5.82 Å². The Hall–Kier alpha value is -0.900. The standard InChI is InChI=1S/C11H18N4/c1(8-5-6-12-7-8)4-10-13-11(15-14-10)9-2-3-9/h8-9,12H,1-7H2,(H,13,14,15). The van der Waals surface area contributed by atoms with E-state index < -0.39 is 0 Å². The van der Waals surface area contributed by atoms with Gasteiger partial charge in [0, 0.05) is 12.3 Å². The zero-order valence-corrected chi connectivity index (χ0v) is 9.00. The first-order chi connectivity index (χ1) is 7.42. The fraction of sp³-hybridized carbons (Fsp3) is 0.818. The molecule has 1 saturated carbocycles. The first-order valence-corrected chi connectivity index (χ1v) is 6.04. The summed E-state index contributed by atoms with van der Waals surface area (Å²) >= 11 is 0. The van der Waals surface area contributed by atoms with E-state index in [9.17, 15) is 0 Å². The molecular weight excluding hydrogens is 188 g/mol. The molecular formula is C11H18N4. The molecule has 0 radical (unpaired) electrons. The second-order valence-electron chi connectivity index (χ2n) is 4.81. The molecule has 4 nitrogen and oxygen atoms in total. The molecule has 82 valence electrons. The van der Waals surface area contributed by atoms with Crippen LogP contribution in [0.2, 0.25) is 0 Å². The molecule has 2 fully saturated rings. The summed E-state index contributed by atoms with van der Waals surface area (Å²) in [5, 5.41) is 10.7. The van der Waals surface area contributed by atoms with Crippen molar-refractivity contribution in [2.45, 2.75) is 38.0 Å². The second kappa shape index (κ2) is 3.93. The lowest BCUT2D eigenvalue weighted by Gasteiger charge is -2.04. The molecule has 2 heterocycles. The summed E-state index contributed by atoms with van der Waals surface area (Å²) < 4.78 is 0. The van der Waals surface area contributed by atoms with E-state index >= 15 is 0 Å². The summed E-state index contributed by atoms with van der Waals surface area (Å²) in [6.45, 7) is 2.37. The van der Waals surface area contributed by atoms with E-state index in [0.717, 1.165) is 24.0 Å². The topological polar surface area (TPSA) is 53.6 Å². The van der Waals surface area contributed by atoms with Crippen molar-refractivity contribution in [2.24, 2.45) is 5.92 Å². The van der Waals surface area contributed by atoms with Crippen molar-refractivity contribution in [3.8, 4) is 0 Å². The van der Waals surface area contributed by atoms with Crippen LogP contribution in [0.3, 0.4) is 0 Å². The predicted octanol–water partition coefficient (Wildman–Crippen LogP) is 1.22. The Balaban J connectivity index is 1.52. The SMILES string of the molecule is C1CC(CCc2nc(C3CC3)n[nH]2)CN1. The van der Waals surface area contributed by atoms with E-state index in [0.29, 0.717) is 5.92 Å². The number of nitrogens with one attached hydrogen (secondary N) is 2. The van der Waals surface area contributed by atoms with E-state index in [1.54, 1.807) is 0 Å². The minimum Gasteiger partial charge on any atom is -0.316 e. The highest BCUT2D eigenvalue weighted by Gasteiger charge is 2.27. The number of hydrogen-bond acceptors (Lipinski definition) is 3. The van der Waals surface area contributed by atoms with Crippen molar-refractivity contribution in [2.75, 3.05) is 13.1 Å². The molecule has 1 aliphatic carbocycles. The van der Waals surface area contributed by atoms with E-state index in [2.05, 4.69) is 20.5 Å². The number of hydrogen-bond donors (Lipinski definition) is 2. The van der Waals surface area contributed by atoms with E-state index in [4.69, 9.17) is 0 Å². The van der Waals surface area contributed by atoms with Gasteiger partial charge in [0.25, 0.3) is 0 Å². The third kappa shape index (κ3) is 2.20. The first kappa shape index (κ1) is 9.33. The van der Waals surface area contributed by atoms with Gasteiger partial charge < -0.3 is 5.32 Å². The molecule has 0 amide bonds. The predicted molar refractivity (Wildman–Crippen MR) is 57.7 cm³/mol. The number of aromatic amines is 1. The lowest BCUT2D eigenvalue weighted by molar-refractivity contribution is 0.525. The summed E-state index contributed by atoms with van der Waals surface area (Å²) in [5.41, 5.74) is 0. The van der Waals surface area contributed by atoms with Gasteiger partial charge in [-0.1, -0.05) is 0 Å². The average molecular weight is 206 g/mol. The molecule has 1 aromatic rings. The zero-order valence-electron chi connectivity index (χ0n) is 9.00. The third-order valence-corrected chi connectivity index (χ3v) is 3.44. The average Bonchev–Trinajstić information content (AvgIpc) is 2.82. The Morgan fingerprint density at radius 1 is 1.27 bits per heavy atom. The first-order valence-electron chi connectivity index (χ1n) is 6.04. The Kier molecular flexibility index (Phi) is 2.44. The van der Waals surface area contributed by atoms with Gasteiger partial charge in [0.15, 0.2) is 5.82 Å². The van der Waals surface area contributed by atoms with Gasteiger partial charge in [-0.15, -0.1) is 0 Å². The largest absolute Gasteiger partial charge is 0.316 e. The van der Waals surface area contributed by atoms with Crippen LogP contribution >= 0.6 is 0 Å². The number of aryl methyl sites for hydroxylation is 1. The van der Waals surface area contributed by atoms with Gasteiger partial charge >= 0.3 is 0 Å². The fourth-order valence-corrected chi connectivity index (χ4v) is 2.25. The summed E-state index contributed by atoms with van der Waals surface area (Å²) in [6.07, 6.45) is 6.19. The van der Waals surface area contributed by atoms with Crippen LogP contribution in [0.5, 0.6) is 0 Å². The van der Waals surface area contributed by atoms with Gasteiger partial charge in [0.2, 0.25) is 0 Å². The molecule has 0 bridgehead atoms. The second-order valence-corrected chi connectivity index (χ2v) is 4.81. The zero-order chi connectivity index (χ0) is 10.1. The molecule has 4 heteroatoms. The van der Waals surface area contributed by atoms with Crippen molar-refractivity contribution >= 4 is 0 Å². The van der Waals surface area contributed by atoms with Crippen molar-refractivity contribution in [1.82, 2.24) is 20.5 Å². The normalized spacial score (nSPS) is 26.0. The quantitative estimate of drug-likeness (QED) is 0.779. The van der Waals surface area contributed by atoms with Crippen LogP contribution < -0.4 is 5.32 Å². The minimum absolute atomic E-state index is 0.670. The monoisotopic (exact) mass is 206 g/mol. The Morgan fingerprint density at radius 3 is 2.93 bits per heavy atom. The van der Waals surface area contributed by atoms with Crippen LogP contribution in [-0.2, 0) is 6.42 Å². The highest BCUT2D eigenvalue weighted by Crippen LogP contribution is 2.37. The van der Waals surface area contributed by atoms with Crippen molar-refractivity contribution in [3.63, 3.8) is 0 Å². The molecule has 3 rings (SSSR count). The highest BCUT2D eigenvalue weighted by atomic mass is 15.2. The fourth-order valence-electron chi connectivity index (χ4n) is 2.25. The summed E-state index contributed by atoms with van der Waals surface area (Å²) in [7, 11) is 0. The van der Waals surface area contributed by atoms with Crippen molar-refractivity contribution in [1.29, 1.82) is 0 Å². The molecule has 1 saturated heterocycles. The molecule has 2 aliphatic rings. The molecule has 0 aromatic carbocycles. The van der Waals surface area contributed by atoms with E-state index in [1.807, 2.05) is 0 Å². The summed E-state index contributed by atoms with van der Waals surface area (Å²) in [5.74, 6) is 3.65. The molecule has 15 heavy (non-hydrogen) atoms. The molecule has 1 unspecified atom stereocenters. The maximum Gasteiger partial charge on any atom is 0.153 e. The molecule has 1 aliphatic heterocycles. The maximum absolute atomic E-state index is 4.55. The lowest BCUT2D eigenvalue weighted by atomic mass is 10.0. The molecule has 0 spiro atoms. The van der Waals surface area contributed by atoms with Gasteiger partial charge in [-0.05, 0) is 44.7 Å². The van der Waals surface area contributed by atoms with Crippen LogP contribution in [-0.4, -0.2) is 28.3 Å². The summed E-state index contributed by atoms with van der Waals surface area (Å²) in [6, 6.07) is 0. The van der Waals surface area contributed by atoms with E-state index in [1.165, 1.54) is 38.8 Å². The van der Waals surface area contributed by atoms with Crippen LogP contribution in [0.15, 0.2) is 0 Å². The highest BCUT2D eigenvalue weighted by molar-refractivity contribution is 5.05. The molecule has 2 N–H and O–H groups in total. The van der Waals surface area contributed by atoms with E-state index in [-0.39, 0.29) is 0 Å². The number of H-pyrrole nitrogens is 1.